The van der Waals surface area contributed by atoms with Crippen LogP contribution in [-0.2, 0) is 0 Å². The van der Waals surface area contributed by atoms with Crippen LogP contribution in [0.1, 0.15) is 17.4 Å². The van der Waals surface area contributed by atoms with Crippen LogP contribution in [0.3, 0.4) is 0 Å². The van der Waals surface area contributed by atoms with E-state index in [0.717, 1.165) is 6.07 Å². The average Bonchev–Trinajstić information content (AvgIpc) is 2.33. The summed E-state index contributed by atoms with van der Waals surface area (Å²) in [5.41, 5.74) is -0.424. The van der Waals surface area contributed by atoms with Crippen molar-refractivity contribution in [2.24, 2.45) is 0 Å². The predicted molar refractivity (Wildman–Crippen MR) is 51.3 cm³/mol. The Morgan fingerprint density at radius 2 is 1.94 bits per heavy atom. The molecule has 0 spiro atoms. The molecule has 0 saturated heterocycles. The number of alkyl halides is 1. The van der Waals surface area contributed by atoms with E-state index >= 15 is 0 Å². The Bertz CT molecular complexity index is 488. The van der Waals surface area contributed by atoms with Gasteiger partial charge in [-0.25, -0.2) is 13.2 Å². The van der Waals surface area contributed by atoms with Gasteiger partial charge in [0.15, 0.2) is 17.8 Å². The molecule has 0 radical (unpaired) electrons. The fourth-order valence-corrected chi connectivity index (χ4v) is 1.32. The summed E-state index contributed by atoms with van der Waals surface area (Å²) in [7, 11) is 0. The van der Waals surface area contributed by atoms with Crippen LogP contribution in [0.4, 0.5) is 13.2 Å². The average molecular weight is 224 g/mol. The molecule has 0 aliphatic carbocycles. The molecule has 2 nitrogen and oxygen atoms in total. The Balaban J connectivity index is 2.42. The van der Waals surface area contributed by atoms with E-state index in [2.05, 4.69) is 9.97 Å². The molecular weight excluding hydrogens is 217 g/mol. The molecule has 1 aromatic carbocycles. The minimum atomic E-state index is -1.82. The van der Waals surface area contributed by atoms with E-state index in [1.165, 1.54) is 30.7 Å². The van der Waals surface area contributed by atoms with E-state index in [1.807, 2.05) is 0 Å². The Kier molecular flexibility index (Phi) is 2.85. The first-order chi connectivity index (χ1) is 7.70. The van der Waals surface area contributed by atoms with E-state index in [4.69, 9.17) is 0 Å². The van der Waals surface area contributed by atoms with Crippen LogP contribution < -0.4 is 0 Å². The summed E-state index contributed by atoms with van der Waals surface area (Å²) in [6.45, 7) is 0. The van der Waals surface area contributed by atoms with Crippen LogP contribution in [0, 0.1) is 11.6 Å². The lowest BCUT2D eigenvalue weighted by molar-refractivity contribution is 0.370. The molecule has 5 heteroatoms. The third-order valence-electron chi connectivity index (χ3n) is 2.10. The molecule has 0 aliphatic heterocycles. The van der Waals surface area contributed by atoms with Crippen molar-refractivity contribution < 1.29 is 13.2 Å². The fraction of sp³-hybridized carbons (Fsp3) is 0.0909. The molecule has 2 aromatic rings. The van der Waals surface area contributed by atoms with Gasteiger partial charge in [0.2, 0.25) is 0 Å². The van der Waals surface area contributed by atoms with Gasteiger partial charge in [-0.15, -0.1) is 0 Å². The van der Waals surface area contributed by atoms with E-state index in [9.17, 15) is 13.2 Å². The number of halogens is 3. The molecule has 1 heterocycles. The lowest BCUT2D eigenvalue weighted by Gasteiger charge is -2.08. The van der Waals surface area contributed by atoms with Crippen molar-refractivity contribution in [2.45, 2.75) is 6.17 Å². The van der Waals surface area contributed by atoms with Crippen LogP contribution >= 0.6 is 0 Å². The van der Waals surface area contributed by atoms with Gasteiger partial charge in [0, 0.05) is 18.0 Å². The summed E-state index contributed by atoms with van der Waals surface area (Å²) in [5, 5.41) is 0. The lowest BCUT2D eigenvalue weighted by Crippen LogP contribution is -2.02. The van der Waals surface area contributed by atoms with Gasteiger partial charge in [-0.1, -0.05) is 12.1 Å². The van der Waals surface area contributed by atoms with E-state index in [0.29, 0.717) is 0 Å². The van der Waals surface area contributed by atoms with Crippen molar-refractivity contribution in [3.8, 4) is 0 Å². The first kappa shape index (κ1) is 10.6. The second-order valence-corrected chi connectivity index (χ2v) is 3.14. The highest BCUT2D eigenvalue weighted by Gasteiger charge is 2.20. The zero-order chi connectivity index (χ0) is 11.5. The molecule has 82 valence electrons. The third kappa shape index (κ3) is 1.88. The van der Waals surface area contributed by atoms with Crippen molar-refractivity contribution >= 4 is 0 Å². The van der Waals surface area contributed by atoms with Crippen molar-refractivity contribution in [3.63, 3.8) is 0 Å². The highest BCUT2D eigenvalue weighted by atomic mass is 19.2. The topological polar surface area (TPSA) is 25.8 Å². The Morgan fingerprint density at radius 1 is 1.12 bits per heavy atom. The number of hydrogen-bond acceptors (Lipinski definition) is 2. The normalized spacial score (nSPS) is 12.4. The number of benzene rings is 1. The van der Waals surface area contributed by atoms with Gasteiger partial charge >= 0.3 is 0 Å². The first-order valence-corrected chi connectivity index (χ1v) is 4.54. The zero-order valence-electron chi connectivity index (χ0n) is 8.07. The second-order valence-electron chi connectivity index (χ2n) is 3.14. The molecule has 0 bridgehead atoms. The monoisotopic (exact) mass is 224 g/mol. The number of aromatic nitrogens is 2. The quantitative estimate of drug-likeness (QED) is 0.783. The van der Waals surface area contributed by atoms with Gasteiger partial charge in [0.25, 0.3) is 0 Å². The summed E-state index contributed by atoms with van der Waals surface area (Å²) in [5.74, 6) is -2.27. The molecule has 1 unspecified atom stereocenters. The van der Waals surface area contributed by atoms with Crippen LogP contribution in [0.15, 0.2) is 36.8 Å². The predicted octanol–water partition coefficient (Wildman–Crippen LogP) is 2.81. The van der Waals surface area contributed by atoms with E-state index < -0.39 is 17.8 Å². The molecular formula is C11H7F3N2. The second kappa shape index (κ2) is 4.30. The van der Waals surface area contributed by atoms with E-state index in [1.54, 1.807) is 0 Å². The number of rotatable bonds is 2. The minimum Gasteiger partial charge on any atom is -0.261 e. The number of nitrogens with zero attached hydrogens (tertiary/aromatic N) is 2. The van der Waals surface area contributed by atoms with Crippen LogP contribution in [0.2, 0.25) is 0 Å². The Labute approximate surface area is 89.8 Å². The molecule has 1 aromatic heterocycles. The molecule has 1 atom stereocenters. The van der Waals surface area contributed by atoms with Crippen molar-refractivity contribution in [3.05, 3.63) is 59.7 Å². The van der Waals surface area contributed by atoms with Crippen molar-refractivity contribution in [1.82, 2.24) is 9.97 Å². The Hall–Kier alpha value is -1.91. The maximum atomic E-state index is 13.8. The van der Waals surface area contributed by atoms with Gasteiger partial charge in [0.1, 0.15) is 0 Å². The Morgan fingerprint density at radius 3 is 2.62 bits per heavy atom. The summed E-state index contributed by atoms with van der Waals surface area (Å²) in [6, 6.07) is 3.36. The SMILES string of the molecule is Fc1cccc(C(F)c2cnccn2)c1F. The molecule has 0 fully saturated rings. The standard InChI is InChI=1S/C11H7F3N2/c12-8-3-1-2-7(10(8)13)11(14)9-6-15-4-5-16-9/h1-6,11H. The van der Waals surface area contributed by atoms with Crippen LogP contribution in [0.5, 0.6) is 0 Å². The largest absolute Gasteiger partial charge is 0.261 e. The van der Waals surface area contributed by atoms with Gasteiger partial charge in [0.05, 0.1) is 11.9 Å². The molecule has 0 N–H and O–H groups in total. The zero-order valence-corrected chi connectivity index (χ0v) is 8.07. The third-order valence-corrected chi connectivity index (χ3v) is 2.10. The first-order valence-electron chi connectivity index (χ1n) is 4.54. The maximum absolute atomic E-state index is 13.8. The summed E-state index contributed by atoms with van der Waals surface area (Å²) >= 11 is 0. The fourth-order valence-electron chi connectivity index (χ4n) is 1.32. The van der Waals surface area contributed by atoms with Crippen molar-refractivity contribution in [2.75, 3.05) is 0 Å². The summed E-state index contributed by atoms with van der Waals surface area (Å²) in [4.78, 5) is 7.36. The van der Waals surface area contributed by atoms with Gasteiger partial charge < -0.3 is 0 Å². The molecule has 0 amide bonds. The minimum absolute atomic E-state index is 0.0491. The van der Waals surface area contributed by atoms with E-state index in [-0.39, 0.29) is 11.3 Å². The molecule has 0 saturated carbocycles. The molecule has 0 aliphatic rings. The van der Waals surface area contributed by atoms with Crippen molar-refractivity contribution in [1.29, 1.82) is 0 Å². The highest BCUT2D eigenvalue weighted by molar-refractivity contribution is 5.26. The smallest absolute Gasteiger partial charge is 0.171 e. The van der Waals surface area contributed by atoms with Gasteiger partial charge in [-0.3, -0.25) is 9.97 Å². The lowest BCUT2D eigenvalue weighted by atomic mass is 10.1. The molecule has 16 heavy (non-hydrogen) atoms. The van der Waals surface area contributed by atoms with Crippen LogP contribution in [0.25, 0.3) is 0 Å². The molecule has 2 rings (SSSR count). The number of hydrogen-bond donors (Lipinski definition) is 0. The van der Waals surface area contributed by atoms with Gasteiger partial charge in [-0.2, -0.15) is 0 Å². The summed E-state index contributed by atoms with van der Waals surface area (Å²) in [6.07, 6.45) is 2.02. The maximum Gasteiger partial charge on any atom is 0.171 e. The summed E-state index contributed by atoms with van der Waals surface area (Å²) < 4.78 is 40.0. The highest BCUT2D eigenvalue weighted by Crippen LogP contribution is 2.27. The van der Waals surface area contributed by atoms with Gasteiger partial charge in [-0.05, 0) is 6.07 Å². The van der Waals surface area contributed by atoms with Crippen LogP contribution in [-0.4, -0.2) is 9.97 Å².